The second-order valence-electron chi connectivity index (χ2n) is 11.3. The first kappa shape index (κ1) is 25.1. The number of benzene rings is 1. The summed E-state index contributed by atoms with van der Waals surface area (Å²) < 4.78 is 4.03. The number of hydrogen-bond donors (Lipinski definition) is 1. The first-order valence-corrected chi connectivity index (χ1v) is 13.4. The monoisotopic (exact) mass is 499 g/mol. The van der Waals surface area contributed by atoms with Crippen LogP contribution >= 0.6 is 0 Å². The summed E-state index contributed by atoms with van der Waals surface area (Å²) in [6, 6.07) is 10.3. The summed E-state index contributed by atoms with van der Waals surface area (Å²) in [6.07, 6.45) is 12.3. The molecule has 0 radical (unpaired) electrons. The normalized spacial score (nSPS) is 17.9. The lowest BCUT2D eigenvalue weighted by Crippen LogP contribution is -2.33. The molecule has 3 heterocycles. The average molecular weight is 500 g/mol. The van der Waals surface area contributed by atoms with E-state index in [4.69, 9.17) is 0 Å². The van der Waals surface area contributed by atoms with E-state index < -0.39 is 0 Å². The van der Waals surface area contributed by atoms with Crippen LogP contribution in [0.15, 0.2) is 53.7 Å². The van der Waals surface area contributed by atoms with Gasteiger partial charge in [-0.05, 0) is 65.0 Å². The summed E-state index contributed by atoms with van der Waals surface area (Å²) in [7, 11) is 0. The number of aromatic nitrogens is 7. The van der Waals surface area contributed by atoms with Crippen LogP contribution in [-0.4, -0.2) is 34.7 Å². The Bertz CT molecular complexity index is 1390. The number of H-pyrrole nitrogens is 1. The molecular formula is C29H37N7O. The molecule has 3 aromatic heterocycles. The molecule has 0 aliphatic heterocycles. The molecule has 2 atom stereocenters. The number of hydrogen-bond acceptors (Lipinski definition) is 5. The van der Waals surface area contributed by atoms with Gasteiger partial charge in [0.1, 0.15) is 0 Å². The molecule has 0 saturated heterocycles. The van der Waals surface area contributed by atoms with E-state index in [1.54, 1.807) is 6.20 Å². The zero-order valence-corrected chi connectivity index (χ0v) is 22.3. The van der Waals surface area contributed by atoms with Crippen molar-refractivity contribution in [3.8, 4) is 22.5 Å². The van der Waals surface area contributed by atoms with Crippen molar-refractivity contribution in [2.45, 2.75) is 78.8 Å². The molecular weight excluding hydrogens is 462 g/mol. The summed E-state index contributed by atoms with van der Waals surface area (Å²) in [6.45, 7) is 9.58. The maximum atomic E-state index is 14.0. The number of unbranched alkanes of at least 4 members (excludes halogenated alkanes) is 1. The molecule has 1 aliphatic carbocycles. The van der Waals surface area contributed by atoms with Crippen LogP contribution in [0.2, 0.25) is 0 Å². The Labute approximate surface area is 218 Å². The summed E-state index contributed by atoms with van der Waals surface area (Å²) in [5.74, 6) is 1.04. The Morgan fingerprint density at radius 1 is 1.08 bits per heavy atom. The van der Waals surface area contributed by atoms with E-state index in [-0.39, 0.29) is 17.1 Å². The minimum absolute atomic E-state index is 0.0912. The van der Waals surface area contributed by atoms with Crippen LogP contribution in [0, 0.1) is 11.3 Å². The quantitative estimate of drug-likeness (QED) is 0.337. The standard InChI is InChI=1S/C29H37N7O/c1-5-6-10-21-19-36(26-14-9-13-25(26)29(2,3)4)28(37)35(21)18-20-17-30-16-15-22(20)23-11-7-8-12-24(23)27-31-33-34-32-27/h7-8,11-12,15-17,19,25-26H,5-6,9-10,13-14,18H2,1-4H3,(H,31,32,33,34). The molecule has 2 unspecified atom stereocenters. The van der Waals surface area contributed by atoms with Crippen molar-refractivity contribution in [2.75, 3.05) is 0 Å². The fraction of sp³-hybridized carbons (Fsp3) is 0.483. The summed E-state index contributed by atoms with van der Waals surface area (Å²) in [4.78, 5) is 18.4. The summed E-state index contributed by atoms with van der Waals surface area (Å²) in [5, 5.41) is 14.7. The van der Waals surface area contributed by atoms with E-state index in [0.29, 0.717) is 18.3 Å². The highest BCUT2D eigenvalue weighted by Gasteiger charge is 2.38. The topological polar surface area (TPSA) is 94.3 Å². The molecule has 4 aromatic rings. The van der Waals surface area contributed by atoms with Gasteiger partial charge in [0.05, 0.1) is 6.54 Å². The van der Waals surface area contributed by atoms with Gasteiger partial charge in [0.25, 0.3) is 0 Å². The van der Waals surface area contributed by atoms with Gasteiger partial charge >= 0.3 is 5.69 Å². The number of aromatic amines is 1. The van der Waals surface area contributed by atoms with Crippen molar-refractivity contribution >= 4 is 0 Å². The number of aryl methyl sites for hydroxylation is 1. The van der Waals surface area contributed by atoms with Gasteiger partial charge in [0.2, 0.25) is 5.82 Å². The number of rotatable bonds is 8. The van der Waals surface area contributed by atoms with Crippen molar-refractivity contribution < 1.29 is 0 Å². The lowest BCUT2D eigenvalue weighted by Gasteiger charge is -2.32. The maximum Gasteiger partial charge on any atom is 0.328 e. The third-order valence-corrected chi connectivity index (χ3v) is 7.86. The van der Waals surface area contributed by atoms with Crippen LogP contribution in [0.25, 0.3) is 22.5 Å². The molecule has 5 rings (SSSR count). The molecule has 8 heteroatoms. The van der Waals surface area contributed by atoms with Crippen molar-refractivity contribution in [3.63, 3.8) is 0 Å². The van der Waals surface area contributed by atoms with Crippen LogP contribution in [0.1, 0.15) is 77.1 Å². The lowest BCUT2D eigenvalue weighted by molar-refractivity contribution is 0.185. The van der Waals surface area contributed by atoms with Crippen LogP contribution in [0.3, 0.4) is 0 Å². The second-order valence-corrected chi connectivity index (χ2v) is 11.3. The molecule has 1 fully saturated rings. The summed E-state index contributed by atoms with van der Waals surface area (Å²) in [5.41, 5.74) is 5.26. The summed E-state index contributed by atoms with van der Waals surface area (Å²) >= 11 is 0. The van der Waals surface area contributed by atoms with Gasteiger partial charge in [-0.15, -0.1) is 10.2 Å². The van der Waals surface area contributed by atoms with Crippen LogP contribution in [0.5, 0.6) is 0 Å². The van der Waals surface area contributed by atoms with Gasteiger partial charge in [0, 0.05) is 35.9 Å². The van der Waals surface area contributed by atoms with Crippen molar-refractivity contribution in [3.05, 3.63) is 70.7 Å². The third kappa shape index (κ3) is 5.02. The molecule has 0 amide bonds. The van der Waals surface area contributed by atoms with Gasteiger partial charge in [-0.2, -0.15) is 5.21 Å². The Kier molecular flexibility index (Phi) is 7.09. The van der Waals surface area contributed by atoms with Crippen LogP contribution in [-0.2, 0) is 13.0 Å². The molecule has 0 bridgehead atoms. The van der Waals surface area contributed by atoms with Crippen molar-refractivity contribution in [1.82, 2.24) is 34.7 Å². The molecule has 1 aromatic carbocycles. The predicted molar refractivity (Wildman–Crippen MR) is 145 cm³/mol. The zero-order chi connectivity index (χ0) is 26.0. The number of nitrogens with zero attached hydrogens (tertiary/aromatic N) is 6. The minimum atomic E-state index is 0.0912. The van der Waals surface area contributed by atoms with E-state index in [1.807, 2.05) is 35.0 Å². The fourth-order valence-corrected chi connectivity index (χ4v) is 5.97. The smallest absolute Gasteiger partial charge is 0.296 e. The van der Waals surface area contributed by atoms with Gasteiger partial charge in [-0.25, -0.2) is 4.79 Å². The van der Waals surface area contributed by atoms with E-state index in [9.17, 15) is 4.79 Å². The van der Waals surface area contributed by atoms with E-state index in [0.717, 1.165) is 53.6 Å². The Morgan fingerprint density at radius 2 is 1.89 bits per heavy atom. The number of pyridine rings is 1. The van der Waals surface area contributed by atoms with E-state index in [1.165, 1.54) is 12.8 Å². The maximum absolute atomic E-state index is 14.0. The first-order chi connectivity index (χ1) is 17.9. The van der Waals surface area contributed by atoms with Crippen molar-refractivity contribution in [1.29, 1.82) is 0 Å². The molecule has 8 nitrogen and oxygen atoms in total. The molecule has 37 heavy (non-hydrogen) atoms. The highest BCUT2D eigenvalue weighted by atomic mass is 16.1. The third-order valence-electron chi connectivity index (χ3n) is 7.86. The number of tetrazole rings is 1. The highest BCUT2D eigenvalue weighted by Crippen LogP contribution is 2.45. The van der Waals surface area contributed by atoms with E-state index >= 15 is 0 Å². The first-order valence-electron chi connectivity index (χ1n) is 13.4. The molecule has 194 valence electrons. The SMILES string of the molecule is CCCCc1cn(C2CCCC2C(C)(C)C)c(=O)n1Cc1cnccc1-c1ccccc1-c1nn[nH]n1. The van der Waals surface area contributed by atoms with Gasteiger partial charge in [-0.1, -0.05) is 64.8 Å². The zero-order valence-electron chi connectivity index (χ0n) is 22.3. The fourth-order valence-electron chi connectivity index (χ4n) is 5.97. The van der Waals surface area contributed by atoms with Crippen LogP contribution < -0.4 is 5.69 Å². The van der Waals surface area contributed by atoms with Gasteiger partial charge in [-0.3, -0.25) is 14.1 Å². The largest absolute Gasteiger partial charge is 0.328 e. The lowest BCUT2D eigenvalue weighted by atomic mass is 9.77. The minimum Gasteiger partial charge on any atom is -0.296 e. The van der Waals surface area contributed by atoms with Crippen molar-refractivity contribution in [2.24, 2.45) is 11.3 Å². The number of imidazole rings is 1. The van der Waals surface area contributed by atoms with Gasteiger partial charge < -0.3 is 0 Å². The predicted octanol–water partition coefficient (Wildman–Crippen LogP) is 5.67. The second kappa shape index (κ2) is 10.4. The molecule has 0 spiro atoms. The van der Waals surface area contributed by atoms with Crippen LogP contribution in [0.4, 0.5) is 0 Å². The Balaban J connectivity index is 1.57. The van der Waals surface area contributed by atoms with Gasteiger partial charge in [0.15, 0.2) is 0 Å². The number of nitrogens with one attached hydrogen (secondary N) is 1. The molecule has 1 N–H and O–H groups in total. The molecule has 1 aliphatic rings. The Hall–Kier alpha value is -3.55. The molecule has 1 saturated carbocycles. The Morgan fingerprint density at radius 3 is 2.62 bits per heavy atom. The highest BCUT2D eigenvalue weighted by molar-refractivity contribution is 5.81. The average Bonchev–Trinajstić information content (AvgIpc) is 3.65. The van der Waals surface area contributed by atoms with E-state index in [2.05, 4.69) is 70.1 Å².